The highest BCUT2D eigenvalue weighted by molar-refractivity contribution is 6.02. The summed E-state index contributed by atoms with van der Waals surface area (Å²) in [6, 6.07) is 5.95. The van der Waals surface area contributed by atoms with Gasteiger partial charge in [0.2, 0.25) is 0 Å². The van der Waals surface area contributed by atoms with Crippen LogP contribution in [0.15, 0.2) is 23.4 Å². The van der Waals surface area contributed by atoms with Crippen LogP contribution in [0.3, 0.4) is 0 Å². The third kappa shape index (κ3) is 3.17. The van der Waals surface area contributed by atoms with Crippen molar-refractivity contribution in [1.29, 1.82) is 0 Å². The van der Waals surface area contributed by atoms with Crippen molar-refractivity contribution in [3.05, 3.63) is 29.3 Å². The fourth-order valence-corrected chi connectivity index (χ4v) is 2.43. The Morgan fingerprint density at radius 1 is 1.58 bits per heavy atom. The van der Waals surface area contributed by atoms with E-state index < -0.39 is 0 Å². The number of anilines is 1. The van der Waals surface area contributed by atoms with Crippen LogP contribution in [0.4, 0.5) is 5.69 Å². The Morgan fingerprint density at radius 2 is 2.37 bits per heavy atom. The molecule has 0 saturated carbocycles. The summed E-state index contributed by atoms with van der Waals surface area (Å²) in [6.07, 6.45) is 2.49. The smallest absolute Gasteiger partial charge is 0.172 e. The Bertz CT molecular complexity index is 468. The average Bonchev–Trinajstić information content (AvgIpc) is 2.90. The normalized spacial score (nSPS) is 19.7. The standard InChI is InChI=1S/C14H21N3O2/c1-10-5-6-13(12(8-10)14(15)16-18)17(2)9-11-4-3-7-19-11/h5-6,8,11,18H,3-4,7,9H2,1-2H3,(H2,15,16). The number of likely N-dealkylation sites (N-methyl/N-ethyl adjacent to an activating group) is 1. The molecule has 1 aliphatic rings. The van der Waals surface area contributed by atoms with E-state index in [-0.39, 0.29) is 11.9 Å². The Morgan fingerprint density at radius 3 is 3.00 bits per heavy atom. The maximum Gasteiger partial charge on any atom is 0.172 e. The van der Waals surface area contributed by atoms with Crippen molar-refractivity contribution in [3.63, 3.8) is 0 Å². The molecule has 0 radical (unpaired) electrons. The van der Waals surface area contributed by atoms with E-state index in [1.165, 1.54) is 0 Å². The van der Waals surface area contributed by atoms with Gasteiger partial charge in [0.15, 0.2) is 5.84 Å². The molecular weight excluding hydrogens is 242 g/mol. The van der Waals surface area contributed by atoms with Gasteiger partial charge in [-0.15, -0.1) is 0 Å². The molecule has 1 atom stereocenters. The highest BCUT2D eigenvalue weighted by atomic mass is 16.5. The number of hydrogen-bond acceptors (Lipinski definition) is 4. The fraction of sp³-hybridized carbons (Fsp3) is 0.500. The molecule has 1 heterocycles. The molecule has 5 heteroatoms. The number of ether oxygens (including phenoxy) is 1. The van der Waals surface area contributed by atoms with Gasteiger partial charge in [0.25, 0.3) is 0 Å². The zero-order valence-corrected chi connectivity index (χ0v) is 11.5. The van der Waals surface area contributed by atoms with Crippen LogP contribution in [-0.2, 0) is 4.74 Å². The summed E-state index contributed by atoms with van der Waals surface area (Å²) in [5.41, 5.74) is 8.54. The third-order valence-corrected chi connectivity index (χ3v) is 3.45. The number of benzene rings is 1. The van der Waals surface area contributed by atoms with Crippen molar-refractivity contribution >= 4 is 11.5 Å². The Labute approximate surface area is 113 Å². The molecule has 0 spiro atoms. The Kier molecular flexibility index (Phi) is 4.27. The lowest BCUT2D eigenvalue weighted by atomic mass is 10.1. The van der Waals surface area contributed by atoms with E-state index in [0.29, 0.717) is 0 Å². The molecule has 0 amide bonds. The number of hydrogen-bond donors (Lipinski definition) is 2. The lowest BCUT2D eigenvalue weighted by molar-refractivity contribution is 0.116. The minimum atomic E-state index is 0.137. The molecule has 1 aliphatic heterocycles. The van der Waals surface area contributed by atoms with Crippen molar-refractivity contribution in [3.8, 4) is 0 Å². The highest BCUT2D eigenvalue weighted by Gasteiger charge is 2.19. The summed E-state index contributed by atoms with van der Waals surface area (Å²) in [4.78, 5) is 2.10. The third-order valence-electron chi connectivity index (χ3n) is 3.45. The van der Waals surface area contributed by atoms with Gasteiger partial charge in [0, 0.05) is 31.5 Å². The number of amidine groups is 1. The first-order valence-corrected chi connectivity index (χ1v) is 6.53. The predicted molar refractivity (Wildman–Crippen MR) is 75.9 cm³/mol. The zero-order valence-electron chi connectivity index (χ0n) is 11.5. The molecule has 0 bridgehead atoms. The molecule has 1 aromatic carbocycles. The SMILES string of the molecule is Cc1ccc(N(C)CC2CCCO2)c(/C(N)=N/O)c1. The summed E-state index contributed by atoms with van der Waals surface area (Å²) in [7, 11) is 2.00. The first kappa shape index (κ1) is 13.7. The van der Waals surface area contributed by atoms with Crippen LogP contribution in [0, 0.1) is 6.92 Å². The second kappa shape index (κ2) is 5.93. The quantitative estimate of drug-likeness (QED) is 0.375. The molecule has 5 nitrogen and oxygen atoms in total. The minimum absolute atomic E-state index is 0.137. The second-order valence-corrected chi connectivity index (χ2v) is 5.02. The van der Waals surface area contributed by atoms with Crippen LogP contribution in [0.5, 0.6) is 0 Å². The van der Waals surface area contributed by atoms with E-state index in [0.717, 1.165) is 42.8 Å². The molecule has 1 saturated heterocycles. The van der Waals surface area contributed by atoms with Crippen LogP contribution in [0.25, 0.3) is 0 Å². The number of aryl methyl sites for hydroxylation is 1. The minimum Gasteiger partial charge on any atom is -0.409 e. The van der Waals surface area contributed by atoms with Gasteiger partial charge >= 0.3 is 0 Å². The lowest BCUT2D eigenvalue weighted by Gasteiger charge is -2.25. The highest BCUT2D eigenvalue weighted by Crippen LogP contribution is 2.23. The first-order valence-electron chi connectivity index (χ1n) is 6.53. The van der Waals surface area contributed by atoms with E-state index in [2.05, 4.69) is 10.1 Å². The van der Waals surface area contributed by atoms with E-state index in [9.17, 15) is 0 Å². The maximum absolute atomic E-state index is 8.89. The Balaban J connectivity index is 2.22. The van der Waals surface area contributed by atoms with Crippen molar-refractivity contribution in [2.45, 2.75) is 25.9 Å². The predicted octanol–water partition coefficient (Wildman–Crippen LogP) is 1.70. The van der Waals surface area contributed by atoms with Gasteiger partial charge in [-0.2, -0.15) is 0 Å². The van der Waals surface area contributed by atoms with Gasteiger partial charge in [-0.1, -0.05) is 16.8 Å². The molecule has 1 aromatic rings. The van der Waals surface area contributed by atoms with E-state index >= 15 is 0 Å². The van der Waals surface area contributed by atoms with Crippen molar-refractivity contribution in [2.24, 2.45) is 10.9 Å². The van der Waals surface area contributed by atoms with Crippen LogP contribution < -0.4 is 10.6 Å². The summed E-state index contributed by atoms with van der Waals surface area (Å²) in [5.74, 6) is 0.137. The zero-order chi connectivity index (χ0) is 13.8. The topological polar surface area (TPSA) is 71.1 Å². The van der Waals surface area contributed by atoms with Gasteiger partial charge in [0.05, 0.1) is 6.10 Å². The van der Waals surface area contributed by atoms with E-state index in [1.807, 2.05) is 32.2 Å². The number of nitrogens with two attached hydrogens (primary N) is 1. The number of rotatable bonds is 4. The maximum atomic E-state index is 8.89. The first-order chi connectivity index (χ1) is 9.11. The van der Waals surface area contributed by atoms with Gasteiger partial charge in [-0.05, 0) is 31.9 Å². The number of oxime groups is 1. The second-order valence-electron chi connectivity index (χ2n) is 5.02. The van der Waals surface area contributed by atoms with Crippen LogP contribution in [0.2, 0.25) is 0 Å². The fourth-order valence-electron chi connectivity index (χ4n) is 2.43. The van der Waals surface area contributed by atoms with Crippen molar-refractivity contribution in [2.75, 3.05) is 25.1 Å². The molecule has 3 N–H and O–H groups in total. The summed E-state index contributed by atoms with van der Waals surface area (Å²) in [5, 5.41) is 12.0. The average molecular weight is 263 g/mol. The molecule has 2 rings (SSSR count). The largest absolute Gasteiger partial charge is 0.409 e. The Hall–Kier alpha value is -1.75. The molecule has 0 aromatic heterocycles. The number of nitrogens with zero attached hydrogens (tertiary/aromatic N) is 2. The van der Waals surface area contributed by atoms with Crippen LogP contribution in [-0.4, -0.2) is 37.3 Å². The lowest BCUT2D eigenvalue weighted by Crippen LogP contribution is -2.30. The summed E-state index contributed by atoms with van der Waals surface area (Å²) in [6.45, 7) is 3.65. The van der Waals surface area contributed by atoms with E-state index in [4.69, 9.17) is 15.7 Å². The van der Waals surface area contributed by atoms with E-state index in [1.54, 1.807) is 0 Å². The van der Waals surface area contributed by atoms with Crippen molar-refractivity contribution < 1.29 is 9.94 Å². The monoisotopic (exact) mass is 263 g/mol. The molecule has 104 valence electrons. The van der Waals surface area contributed by atoms with Crippen molar-refractivity contribution in [1.82, 2.24) is 0 Å². The van der Waals surface area contributed by atoms with Gasteiger partial charge in [0.1, 0.15) is 0 Å². The molecule has 1 unspecified atom stereocenters. The van der Waals surface area contributed by atoms with Gasteiger partial charge < -0.3 is 20.6 Å². The molecule has 0 aliphatic carbocycles. The van der Waals surface area contributed by atoms with Gasteiger partial charge in [-0.25, -0.2) is 0 Å². The summed E-state index contributed by atoms with van der Waals surface area (Å²) < 4.78 is 5.64. The van der Waals surface area contributed by atoms with Crippen LogP contribution in [0.1, 0.15) is 24.0 Å². The molecule has 1 fully saturated rings. The summed E-state index contributed by atoms with van der Waals surface area (Å²) >= 11 is 0. The molecule has 19 heavy (non-hydrogen) atoms. The van der Waals surface area contributed by atoms with Crippen LogP contribution >= 0.6 is 0 Å². The van der Waals surface area contributed by atoms with Gasteiger partial charge in [-0.3, -0.25) is 0 Å². The molecular formula is C14H21N3O2.